The molecule has 21 heavy (non-hydrogen) atoms. The molecule has 11 heteroatoms. The van der Waals surface area contributed by atoms with Crippen LogP contribution < -0.4 is 0 Å². The summed E-state index contributed by atoms with van der Waals surface area (Å²) in [4.78, 5) is 19.7. The Morgan fingerprint density at radius 2 is 1.43 bits per heavy atom. The molecule has 0 saturated heterocycles. The lowest BCUT2D eigenvalue weighted by molar-refractivity contribution is -0.725. The molecule has 0 aliphatic heterocycles. The van der Waals surface area contributed by atoms with E-state index in [1.807, 2.05) is 0 Å². The minimum atomic E-state index is -2.35. The molecule has 0 saturated carbocycles. The summed E-state index contributed by atoms with van der Waals surface area (Å²) >= 11 is 0. The Morgan fingerprint density at radius 3 is 1.67 bits per heavy atom. The fourth-order valence-electron chi connectivity index (χ4n) is 1.84. The molecule has 0 aromatic carbocycles. The molecule has 0 aromatic rings. The predicted octanol–water partition coefficient (Wildman–Crippen LogP) is 0.431. The van der Waals surface area contributed by atoms with Crippen LogP contribution in [0.15, 0.2) is 23.5 Å². The maximum Gasteiger partial charge on any atom is 0.356 e. The first-order valence-corrected chi connectivity index (χ1v) is 5.84. The van der Waals surface area contributed by atoms with E-state index in [0.29, 0.717) is 12.2 Å². The zero-order valence-corrected chi connectivity index (χ0v) is 11.2. The van der Waals surface area contributed by atoms with Crippen LogP contribution in [0.4, 0.5) is 0 Å². The highest BCUT2D eigenvalue weighted by Crippen LogP contribution is 2.35. The van der Waals surface area contributed by atoms with Crippen molar-refractivity contribution in [3.05, 3.63) is 49.0 Å². The highest BCUT2D eigenvalue weighted by Gasteiger charge is 2.59. The quantitative estimate of drug-likeness (QED) is 0.244. The van der Waals surface area contributed by atoms with Gasteiger partial charge < -0.3 is 14.7 Å². The molecule has 1 aliphatic carbocycles. The van der Waals surface area contributed by atoms with E-state index in [4.69, 9.17) is 14.7 Å². The molecule has 1 N–H and O–H groups in total. The minimum absolute atomic E-state index is 0.119. The van der Waals surface area contributed by atoms with E-state index < -0.39 is 37.6 Å². The Hall–Kier alpha value is -2.53. The lowest BCUT2D eigenvalue weighted by Crippen LogP contribution is -2.48. The first kappa shape index (κ1) is 16.5. The van der Waals surface area contributed by atoms with Crippen LogP contribution in [-0.2, 0) is 9.47 Å². The van der Waals surface area contributed by atoms with Crippen LogP contribution in [0.5, 0.6) is 0 Å². The monoisotopic (exact) mass is 303 g/mol. The number of nitro groups is 2. The van der Waals surface area contributed by atoms with Crippen molar-refractivity contribution >= 4 is 5.71 Å². The number of allylic oxidation sites excluding steroid dienone is 2. The first-order valence-electron chi connectivity index (χ1n) is 5.84. The Kier molecular flexibility index (Phi) is 4.94. The molecular formula is C10H13N3O8. The second-order valence-electron chi connectivity index (χ2n) is 3.75. The third kappa shape index (κ3) is 2.98. The second kappa shape index (κ2) is 6.28. The molecule has 1 rings (SSSR count). The average molecular weight is 303 g/mol. The van der Waals surface area contributed by atoms with E-state index in [2.05, 4.69) is 0 Å². The number of rotatable bonds is 6. The standard InChI is InChI=1S/C10H13N3O8/c1-3-20-10(21-4-2)8(12(16)17)5-7(11(14)15)6-9(10)13(18)19/h5-6H,3-4H2,1-2H3,(H,14,15). The Balaban J connectivity index is 3.64. The molecule has 0 amide bonds. The third-order valence-electron chi connectivity index (χ3n) is 2.55. The molecular weight excluding hydrogens is 290 g/mol. The number of hydrogen-bond donors (Lipinski definition) is 1. The molecule has 0 spiro atoms. The van der Waals surface area contributed by atoms with Crippen LogP contribution in [0, 0.1) is 25.4 Å². The molecule has 1 aliphatic rings. The Bertz CT molecular complexity index is 505. The zero-order chi connectivity index (χ0) is 16.2. The van der Waals surface area contributed by atoms with E-state index in [1.165, 1.54) is 13.8 Å². The number of hydrogen-bond acceptors (Lipinski definition) is 8. The van der Waals surface area contributed by atoms with Gasteiger partial charge in [-0.05, 0) is 13.8 Å². The van der Waals surface area contributed by atoms with Crippen LogP contribution >= 0.6 is 0 Å². The van der Waals surface area contributed by atoms with Crippen LogP contribution in [-0.4, -0.2) is 44.7 Å². The average Bonchev–Trinajstić information content (AvgIpc) is 2.38. The Labute approximate surface area is 118 Å². The van der Waals surface area contributed by atoms with Gasteiger partial charge in [-0.25, -0.2) is 0 Å². The van der Waals surface area contributed by atoms with Gasteiger partial charge in [-0.2, -0.15) is 0 Å². The van der Waals surface area contributed by atoms with Gasteiger partial charge in [-0.15, -0.1) is 0 Å². The van der Waals surface area contributed by atoms with Gasteiger partial charge >= 0.3 is 17.2 Å². The van der Waals surface area contributed by atoms with E-state index in [0.717, 1.165) is 0 Å². The largest absolute Gasteiger partial charge is 0.417 e. The summed E-state index contributed by atoms with van der Waals surface area (Å²) in [6.45, 7) is 2.71. The summed E-state index contributed by atoms with van der Waals surface area (Å²) in [6, 6.07) is 0. The van der Waals surface area contributed by atoms with E-state index in [-0.39, 0.29) is 13.2 Å². The summed E-state index contributed by atoms with van der Waals surface area (Å²) in [6.07, 6.45) is 1.32. The molecule has 0 bridgehead atoms. The molecule has 0 heterocycles. The molecule has 0 unspecified atom stereocenters. The number of nitrogens with zero attached hydrogens (tertiary/aromatic N) is 3. The minimum Gasteiger partial charge on any atom is -0.417 e. The van der Waals surface area contributed by atoms with Crippen LogP contribution in [0.1, 0.15) is 13.8 Å². The molecule has 0 atom stereocenters. The highest BCUT2D eigenvalue weighted by atomic mass is 16.8. The Morgan fingerprint density at radius 1 is 1.05 bits per heavy atom. The van der Waals surface area contributed by atoms with Gasteiger partial charge in [0.15, 0.2) is 0 Å². The van der Waals surface area contributed by atoms with Crippen molar-refractivity contribution in [3.63, 3.8) is 0 Å². The maximum absolute atomic E-state index is 11.2. The van der Waals surface area contributed by atoms with Gasteiger partial charge in [0.25, 0.3) is 5.71 Å². The fourth-order valence-corrected chi connectivity index (χ4v) is 1.84. The van der Waals surface area contributed by atoms with Gasteiger partial charge in [-0.1, -0.05) is 0 Å². The fraction of sp³-hybridized carbons (Fsp3) is 0.500. The van der Waals surface area contributed by atoms with Crippen LogP contribution in [0.3, 0.4) is 0 Å². The summed E-state index contributed by atoms with van der Waals surface area (Å²) in [5.74, 6) is -2.35. The van der Waals surface area contributed by atoms with Crippen molar-refractivity contribution in [2.75, 3.05) is 13.2 Å². The predicted molar refractivity (Wildman–Crippen MR) is 66.6 cm³/mol. The number of ether oxygens (including phenoxy) is 2. The van der Waals surface area contributed by atoms with E-state index in [1.54, 1.807) is 0 Å². The van der Waals surface area contributed by atoms with Gasteiger partial charge in [-0.3, -0.25) is 25.4 Å². The van der Waals surface area contributed by atoms with Crippen molar-refractivity contribution < 1.29 is 29.4 Å². The molecule has 116 valence electrons. The normalized spacial score (nSPS) is 17.0. The molecule has 11 nitrogen and oxygen atoms in total. The molecule has 0 fully saturated rings. The topological polar surface area (TPSA) is 151 Å². The van der Waals surface area contributed by atoms with Crippen molar-refractivity contribution in [2.45, 2.75) is 19.6 Å². The first-order chi connectivity index (χ1) is 9.80. The summed E-state index contributed by atoms with van der Waals surface area (Å²) in [7, 11) is 0. The SMILES string of the molecule is CCOC1(OCC)C([N+](=O)[O-])=CC(=[N+]([O-])O)C=C1[N+](=O)[O-]. The highest BCUT2D eigenvalue weighted by molar-refractivity contribution is 6.02. The molecule has 0 radical (unpaired) electrons. The van der Waals surface area contributed by atoms with Crippen molar-refractivity contribution in [3.8, 4) is 0 Å². The summed E-state index contributed by atoms with van der Waals surface area (Å²) in [5.41, 5.74) is -2.42. The summed E-state index contributed by atoms with van der Waals surface area (Å²) in [5, 5.41) is 42.0. The second-order valence-corrected chi connectivity index (χ2v) is 3.75. The lowest BCUT2D eigenvalue weighted by Gasteiger charge is -2.28. The van der Waals surface area contributed by atoms with Gasteiger partial charge in [0.05, 0.1) is 22.0 Å². The smallest absolute Gasteiger partial charge is 0.356 e. The van der Waals surface area contributed by atoms with Crippen molar-refractivity contribution in [1.82, 2.24) is 0 Å². The van der Waals surface area contributed by atoms with E-state index >= 15 is 0 Å². The maximum atomic E-state index is 11.2. The van der Waals surface area contributed by atoms with Crippen LogP contribution in [0.25, 0.3) is 0 Å². The van der Waals surface area contributed by atoms with Gasteiger partial charge in [0.1, 0.15) is 0 Å². The van der Waals surface area contributed by atoms with Gasteiger partial charge in [0.2, 0.25) is 0 Å². The van der Waals surface area contributed by atoms with E-state index in [9.17, 15) is 25.4 Å². The summed E-state index contributed by atoms with van der Waals surface area (Å²) < 4.78 is 10.3. The third-order valence-corrected chi connectivity index (χ3v) is 2.55. The molecule has 0 aromatic heterocycles. The van der Waals surface area contributed by atoms with Crippen molar-refractivity contribution in [1.29, 1.82) is 0 Å². The van der Waals surface area contributed by atoms with Crippen molar-refractivity contribution in [2.24, 2.45) is 0 Å². The lowest BCUT2D eigenvalue weighted by atomic mass is 10.00. The van der Waals surface area contributed by atoms with Crippen LogP contribution in [0.2, 0.25) is 0 Å². The zero-order valence-electron chi connectivity index (χ0n) is 11.2. The van der Waals surface area contributed by atoms with Gasteiger partial charge in [0, 0.05) is 18.1 Å².